The van der Waals surface area contributed by atoms with Gasteiger partial charge in [0.25, 0.3) is 11.6 Å². The van der Waals surface area contributed by atoms with Gasteiger partial charge in [-0.15, -0.1) is 0 Å². The molecule has 0 aliphatic rings. The number of carbonyl (C=O) groups is 1. The highest BCUT2D eigenvalue weighted by molar-refractivity contribution is 6.11. The SMILES string of the molecule is Cc1cccc(Oc2ncccc2NC(=O)c2n[nH]c3ccc([N+](=O)[O-])cc23)c1C. The van der Waals surface area contributed by atoms with Crippen molar-refractivity contribution in [2.24, 2.45) is 0 Å². The van der Waals surface area contributed by atoms with Gasteiger partial charge in [0.2, 0.25) is 5.88 Å². The Labute approximate surface area is 170 Å². The fourth-order valence-electron chi connectivity index (χ4n) is 2.98. The van der Waals surface area contributed by atoms with Gasteiger partial charge in [-0.05, 0) is 49.2 Å². The third-order valence-electron chi connectivity index (χ3n) is 4.75. The molecule has 9 heteroatoms. The van der Waals surface area contributed by atoms with Crippen molar-refractivity contribution in [3.63, 3.8) is 0 Å². The molecule has 30 heavy (non-hydrogen) atoms. The molecule has 2 aromatic heterocycles. The number of H-pyrrole nitrogens is 1. The number of hydrogen-bond acceptors (Lipinski definition) is 6. The molecule has 0 unspecified atom stereocenters. The number of nitrogens with one attached hydrogen (secondary N) is 2. The number of ether oxygens (including phenoxy) is 1. The van der Waals surface area contributed by atoms with Crippen molar-refractivity contribution in [3.05, 3.63) is 81.7 Å². The zero-order chi connectivity index (χ0) is 21.3. The summed E-state index contributed by atoms with van der Waals surface area (Å²) in [4.78, 5) is 27.6. The molecule has 2 heterocycles. The van der Waals surface area contributed by atoms with Gasteiger partial charge >= 0.3 is 0 Å². The van der Waals surface area contributed by atoms with Crippen LogP contribution < -0.4 is 10.1 Å². The number of aromatic nitrogens is 3. The molecule has 0 saturated carbocycles. The lowest BCUT2D eigenvalue weighted by molar-refractivity contribution is -0.384. The number of non-ortho nitro benzene ring substituents is 1. The zero-order valence-electron chi connectivity index (χ0n) is 16.2. The quantitative estimate of drug-likeness (QED) is 0.373. The van der Waals surface area contributed by atoms with Crippen molar-refractivity contribution in [2.75, 3.05) is 5.32 Å². The average Bonchev–Trinajstić information content (AvgIpc) is 3.16. The monoisotopic (exact) mass is 403 g/mol. The van der Waals surface area contributed by atoms with Crippen LogP contribution in [-0.4, -0.2) is 26.0 Å². The normalized spacial score (nSPS) is 10.7. The average molecular weight is 403 g/mol. The van der Waals surface area contributed by atoms with Gasteiger partial charge < -0.3 is 10.1 Å². The molecule has 0 aliphatic heterocycles. The molecule has 0 bridgehead atoms. The van der Waals surface area contributed by atoms with Gasteiger partial charge in [-0.1, -0.05) is 12.1 Å². The number of hydrogen-bond donors (Lipinski definition) is 2. The number of aromatic amines is 1. The predicted molar refractivity (Wildman–Crippen MR) is 111 cm³/mol. The van der Waals surface area contributed by atoms with Gasteiger partial charge in [-0.25, -0.2) is 4.98 Å². The van der Waals surface area contributed by atoms with Crippen molar-refractivity contribution < 1.29 is 14.5 Å². The number of amides is 1. The first-order valence-electron chi connectivity index (χ1n) is 9.07. The van der Waals surface area contributed by atoms with Crippen molar-refractivity contribution in [1.82, 2.24) is 15.2 Å². The fourth-order valence-corrected chi connectivity index (χ4v) is 2.98. The summed E-state index contributed by atoms with van der Waals surface area (Å²) in [5.41, 5.74) is 2.81. The maximum absolute atomic E-state index is 12.8. The molecular formula is C21H17N5O4. The first-order chi connectivity index (χ1) is 14.4. The lowest BCUT2D eigenvalue weighted by atomic mass is 10.1. The van der Waals surface area contributed by atoms with E-state index in [1.807, 2.05) is 32.0 Å². The number of carbonyl (C=O) groups excluding carboxylic acids is 1. The minimum Gasteiger partial charge on any atom is -0.437 e. The third kappa shape index (κ3) is 3.55. The second-order valence-corrected chi connectivity index (χ2v) is 6.67. The molecule has 0 saturated heterocycles. The van der Waals surface area contributed by atoms with Crippen molar-refractivity contribution in [2.45, 2.75) is 13.8 Å². The third-order valence-corrected chi connectivity index (χ3v) is 4.75. The Morgan fingerprint density at radius 2 is 2.00 bits per heavy atom. The van der Waals surface area contributed by atoms with E-state index < -0.39 is 10.8 Å². The van der Waals surface area contributed by atoms with Gasteiger partial charge in [0.1, 0.15) is 11.4 Å². The highest BCUT2D eigenvalue weighted by atomic mass is 16.6. The summed E-state index contributed by atoms with van der Waals surface area (Å²) in [6.07, 6.45) is 1.56. The van der Waals surface area contributed by atoms with E-state index in [1.54, 1.807) is 18.3 Å². The Kier molecular flexibility index (Phi) is 4.85. The number of aryl methyl sites for hydroxylation is 1. The number of nitro groups is 1. The van der Waals surface area contributed by atoms with Crippen LogP contribution in [0.5, 0.6) is 11.6 Å². The van der Waals surface area contributed by atoms with Crippen LogP contribution in [0.3, 0.4) is 0 Å². The molecule has 1 amide bonds. The molecule has 0 spiro atoms. The van der Waals surface area contributed by atoms with Gasteiger partial charge in [0.15, 0.2) is 5.69 Å². The highest BCUT2D eigenvalue weighted by Gasteiger charge is 2.19. The van der Waals surface area contributed by atoms with E-state index in [1.165, 1.54) is 18.2 Å². The number of fused-ring (bicyclic) bond motifs is 1. The van der Waals surface area contributed by atoms with E-state index in [9.17, 15) is 14.9 Å². The Balaban J connectivity index is 1.65. The molecule has 4 aromatic rings. The van der Waals surface area contributed by atoms with Gasteiger partial charge in [0, 0.05) is 23.7 Å². The summed E-state index contributed by atoms with van der Waals surface area (Å²) >= 11 is 0. The van der Waals surface area contributed by atoms with Crippen molar-refractivity contribution in [3.8, 4) is 11.6 Å². The lowest BCUT2D eigenvalue weighted by Crippen LogP contribution is -2.14. The largest absolute Gasteiger partial charge is 0.437 e. The van der Waals surface area contributed by atoms with Crippen LogP contribution in [0.25, 0.3) is 10.9 Å². The van der Waals surface area contributed by atoms with Crippen molar-refractivity contribution in [1.29, 1.82) is 0 Å². The maximum atomic E-state index is 12.8. The summed E-state index contributed by atoms with van der Waals surface area (Å²) < 4.78 is 5.93. The number of pyridine rings is 1. The summed E-state index contributed by atoms with van der Waals surface area (Å²) in [7, 11) is 0. The number of nitrogens with zero attached hydrogens (tertiary/aromatic N) is 3. The van der Waals surface area contributed by atoms with Gasteiger partial charge in [-0.2, -0.15) is 5.10 Å². The number of rotatable bonds is 5. The van der Waals surface area contributed by atoms with Gasteiger partial charge in [-0.3, -0.25) is 20.0 Å². The van der Waals surface area contributed by atoms with E-state index in [2.05, 4.69) is 20.5 Å². The summed E-state index contributed by atoms with van der Waals surface area (Å²) in [5.74, 6) is 0.316. The molecule has 0 fully saturated rings. The lowest BCUT2D eigenvalue weighted by Gasteiger charge is -2.13. The Morgan fingerprint density at radius 3 is 2.80 bits per heavy atom. The second-order valence-electron chi connectivity index (χ2n) is 6.67. The standard InChI is InChI=1S/C21H17N5O4/c1-12-5-3-7-18(13(12)2)30-21-17(6-4-10-22-21)23-20(27)19-15-11-14(26(28)29)8-9-16(15)24-25-19/h3-11H,1-2H3,(H,23,27)(H,24,25). The molecule has 0 aliphatic carbocycles. The van der Waals surface area contributed by atoms with Gasteiger partial charge in [0.05, 0.1) is 10.4 Å². The minimum absolute atomic E-state index is 0.0373. The van der Waals surface area contributed by atoms with E-state index in [-0.39, 0.29) is 17.3 Å². The van der Waals surface area contributed by atoms with Crippen LogP contribution in [0.15, 0.2) is 54.7 Å². The number of anilines is 1. The van der Waals surface area contributed by atoms with Crippen LogP contribution >= 0.6 is 0 Å². The van der Waals surface area contributed by atoms with Crippen molar-refractivity contribution >= 4 is 28.2 Å². The van der Waals surface area contributed by atoms with E-state index in [0.29, 0.717) is 22.3 Å². The Bertz CT molecular complexity index is 1280. The first kappa shape index (κ1) is 19.1. The molecular weight excluding hydrogens is 386 g/mol. The smallest absolute Gasteiger partial charge is 0.276 e. The number of benzene rings is 2. The molecule has 150 valence electrons. The Hall–Kier alpha value is -4.27. The molecule has 9 nitrogen and oxygen atoms in total. The minimum atomic E-state index is -0.541. The topological polar surface area (TPSA) is 123 Å². The fraction of sp³-hybridized carbons (Fsp3) is 0.0952. The molecule has 0 atom stereocenters. The zero-order valence-corrected chi connectivity index (χ0v) is 16.2. The van der Waals surface area contributed by atoms with Crippen LogP contribution in [-0.2, 0) is 0 Å². The van der Waals surface area contributed by atoms with E-state index in [0.717, 1.165) is 11.1 Å². The number of nitro benzene ring substituents is 1. The second kappa shape index (κ2) is 7.63. The summed E-state index contributed by atoms with van der Waals surface area (Å²) in [5, 5.41) is 20.9. The van der Waals surface area contributed by atoms with E-state index in [4.69, 9.17) is 4.74 Å². The van der Waals surface area contributed by atoms with E-state index >= 15 is 0 Å². The van der Waals surface area contributed by atoms with Crippen LogP contribution in [0.1, 0.15) is 21.6 Å². The van der Waals surface area contributed by atoms with Crippen LogP contribution in [0.4, 0.5) is 11.4 Å². The summed E-state index contributed by atoms with van der Waals surface area (Å²) in [6, 6.07) is 13.2. The molecule has 2 N–H and O–H groups in total. The Morgan fingerprint density at radius 1 is 1.17 bits per heavy atom. The van der Waals surface area contributed by atoms with Crippen LogP contribution in [0.2, 0.25) is 0 Å². The van der Waals surface area contributed by atoms with Crippen LogP contribution in [0, 0.1) is 24.0 Å². The maximum Gasteiger partial charge on any atom is 0.276 e. The first-order valence-corrected chi connectivity index (χ1v) is 9.07. The molecule has 2 aromatic carbocycles. The molecule has 0 radical (unpaired) electrons. The summed E-state index contributed by atoms with van der Waals surface area (Å²) in [6.45, 7) is 3.92. The molecule has 4 rings (SSSR count). The predicted octanol–water partition coefficient (Wildman–Crippen LogP) is 4.53. The highest BCUT2D eigenvalue weighted by Crippen LogP contribution is 2.31.